The van der Waals surface area contributed by atoms with Crippen LogP contribution in [-0.2, 0) is 4.74 Å². The van der Waals surface area contributed by atoms with Gasteiger partial charge in [-0.1, -0.05) is 17.7 Å². The lowest BCUT2D eigenvalue weighted by molar-refractivity contribution is 0.0652. The van der Waals surface area contributed by atoms with Crippen LogP contribution in [0.3, 0.4) is 0 Å². The Morgan fingerprint density at radius 1 is 1.19 bits per heavy atom. The Labute approximate surface area is 128 Å². The van der Waals surface area contributed by atoms with Crippen LogP contribution in [0.25, 0.3) is 0 Å². The number of aryl methyl sites for hydroxylation is 3. The fourth-order valence-corrected chi connectivity index (χ4v) is 3.62. The second-order valence-corrected chi connectivity index (χ2v) is 6.53. The molecule has 1 atom stereocenters. The van der Waals surface area contributed by atoms with Crippen molar-refractivity contribution >= 4 is 0 Å². The Balaban J connectivity index is 1.95. The molecule has 3 nitrogen and oxygen atoms in total. The van der Waals surface area contributed by atoms with E-state index in [1.807, 2.05) is 0 Å². The number of β-amino-alcohol motifs (C(OH)–C–C–N with tert-alkyl or cyclic N) is 1. The molecule has 1 unspecified atom stereocenters. The van der Waals surface area contributed by atoms with Gasteiger partial charge >= 0.3 is 0 Å². The van der Waals surface area contributed by atoms with Crippen molar-refractivity contribution in [1.29, 1.82) is 0 Å². The number of rotatable bonds is 5. The fraction of sp³-hybridized carbons (Fsp3) is 0.667. The molecule has 3 heteroatoms. The minimum Gasteiger partial charge on any atom is -0.387 e. The Morgan fingerprint density at radius 2 is 1.76 bits per heavy atom. The number of aliphatic hydroxyl groups excluding tert-OH is 1. The first-order valence-electron chi connectivity index (χ1n) is 7.98. The molecule has 1 aromatic rings. The van der Waals surface area contributed by atoms with Gasteiger partial charge in [0.1, 0.15) is 0 Å². The molecule has 0 spiro atoms. The summed E-state index contributed by atoms with van der Waals surface area (Å²) in [5.41, 5.74) is 4.78. The standard InChI is InChI=1S/C18H29NO2/c1-13-9-14(2)18(15(3)10-13)17(20)11-19-7-5-16(6-8-19)12-21-4/h9-10,16-17,20H,5-8,11-12H2,1-4H3. The van der Waals surface area contributed by atoms with E-state index in [0.717, 1.165) is 31.8 Å². The number of benzene rings is 1. The molecular formula is C18H29NO2. The van der Waals surface area contributed by atoms with Gasteiger partial charge in [0.05, 0.1) is 6.10 Å². The molecule has 0 amide bonds. The van der Waals surface area contributed by atoms with Crippen LogP contribution in [0.4, 0.5) is 0 Å². The van der Waals surface area contributed by atoms with Gasteiger partial charge in [0, 0.05) is 20.3 Å². The van der Waals surface area contributed by atoms with Crippen LogP contribution in [0.5, 0.6) is 0 Å². The highest BCUT2D eigenvalue weighted by molar-refractivity contribution is 5.39. The van der Waals surface area contributed by atoms with Crippen molar-refractivity contribution in [2.45, 2.75) is 39.7 Å². The van der Waals surface area contributed by atoms with E-state index in [1.165, 1.54) is 29.5 Å². The Kier molecular flexibility index (Phi) is 5.80. The summed E-state index contributed by atoms with van der Waals surface area (Å²) in [4.78, 5) is 2.38. The second-order valence-electron chi connectivity index (χ2n) is 6.53. The van der Waals surface area contributed by atoms with Gasteiger partial charge in [-0.2, -0.15) is 0 Å². The van der Waals surface area contributed by atoms with Crippen molar-refractivity contribution < 1.29 is 9.84 Å². The third kappa shape index (κ3) is 4.29. The molecule has 0 aromatic heterocycles. The van der Waals surface area contributed by atoms with Gasteiger partial charge in [-0.15, -0.1) is 0 Å². The number of likely N-dealkylation sites (tertiary alicyclic amines) is 1. The zero-order valence-corrected chi connectivity index (χ0v) is 13.9. The number of aliphatic hydroxyl groups is 1. The van der Waals surface area contributed by atoms with Crippen molar-refractivity contribution in [3.8, 4) is 0 Å². The molecule has 2 rings (SSSR count). The zero-order valence-electron chi connectivity index (χ0n) is 13.9. The SMILES string of the molecule is COCC1CCN(CC(O)c2c(C)cc(C)cc2C)CC1. The molecule has 1 saturated heterocycles. The molecule has 1 aliphatic rings. The minimum absolute atomic E-state index is 0.385. The van der Waals surface area contributed by atoms with E-state index in [-0.39, 0.29) is 6.10 Å². The van der Waals surface area contributed by atoms with E-state index in [9.17, 15) is 5.11 Å². The highest BCUT2D eigenvalue weighted by Gasteiger charge is 2.22. The van der Waals surface area contributed by atoms with Gasteiger partial charge in [0.25, 0.3) is 0 Å². The third-order valence-electron chi connectivity index (χ3n) is 4.61. The highest BCUT2D eigenvalue weighted by atomic mass is 16.5. The zero-order chi connectivity index (χ0) is 15.4. The summed E-state index contributed by atoms with van der Waals surface area (Å²) in [6.45, 7) is 10.0. The van der Waals surface area contributed by atoms with E-state index in [4.69, 9.17) is 4.74 Å². The predicted octanol–water partition coefficient (Wildman–Crippen LogP) is 3.00. The van der Waals surface area contributed by atoms with Crippen molar-refractivity contribution in [3.05, 3.63) is 34.4 Å². The number of methoxy groups -OCH3 is 1. The van der Waals surface area contributed by atoms with Crippen LogP contribution in [0.15, 0.2) is 12.1 Å². The summed E-state index contributed by atoms with van der Waals surface area (Å²) in [6, 6.07) is 4.33. The minimum atomic E-state index is -0.385. The normalized spacial score (nSPS) is 18.9. The molecule has 1 N–H and O–H groups in total. The number of hydrogen-bond acceptors (Lipinski definition) is 3. The number of nitrogens with zero attached hydrogens (tertiary/aromatic N) is 1. The van der Waals surface area contributed by atoms with E-state index in [1.54, 1.807) is 7.11 Å². The van der Waals surface area contributed by atoms with Gasteiger partial charge in [-0.25, -0.2) is 0 Å². The molecule has 1 aliphatic heterocycles. The molecule has 21 heavy (non-hydrogen) atoms. The summed E-state index contributed by atoms with van der Waals surface area (Å²) >= 11 is 0. The van der Waals surface area contributed by atoms with Crippen molar-refractivity contribution in [1.82, 2.24) is 4.90 Å². The monoisotopic (exact) mass is 291 g/mol. The quantitative estimate of drug-likeness (QED) is 0.905. The third-order valence-corrected chi connectivity index (χ3v) is 4.61. The smallest absolute Gasteiger partial charge is 0.0922 e. The van der Waals surface area contributed by atoms with Crippen LogP contribution in [-0.4, -0.2) is 43.4 Å². The average Bonchev–Trinajstić information content (AvgIpc) is 2.40. The van der Waals surface area contributed by atoms with Gasteiger partial charge in [0.2, 0.25) is 0 Å². The van der Waals surface area contributed by atoms with E-state index >= 15 is 0 Å². The molecule has 1 heterocycles. The first-order chi connectivity index (χ1) is 10.0. The first kappa shape index (κ1) is 16.5. The largest absolute Gasteiger partial charge is 0.387 e. The van der Waals surface area contributed by atoms with Crippen molar-refractivity contribution in [3.63, 3.8) is 0 Å². The Morgan fingerprint density at radius 3 is 2.29 bits per heavy atom. The van der Waals surface area contributed by atoms with E-state index < -0.39 is 0 Å². The number of hydrogen-bond donors (Lipinski definition) is 1. The van der Waals surface area contributed by atoms with Gasteiger partial charge in [-0.3, -0.25) is 0 Å². The maximum atomic E-state index is 10.6. The molecule has 0 saturated carbocycles. The highest BCUT2D eigenvalue weighted by Crippen LogP contribution is 2.26. The molecule has 1 fully saturated rings. The maximum absolute atomic E-state index is 10.6. The molecule has 0 bridgehead atoms. The van der Waals surface area contributed by atoms with Crippen LogP contribution in [0.1, 0.15) is 41.2 Å². The summed E-state index contributed by atoms with van der Waals surface area (Å²) in [6.07, 6.45) is 1.96. The van der Waals surface area contributed by atoms with E-state index in [2.05, 4.69) is 37.8 Å². The van der Waals surface area contributed by atoms with Crippen molar-refractivity contribution in [2.24, 2.45) is 5.92 Å². The van der Waals surface area contributed by atoms with Gasteiger partial charge < -0.3 is 14.7 Å². The van der Waals surface area contributed by atoms with Gasteiger partial charge in [-0.05, 0) is 69.3 Å². The predicted molar refractivity (Wildman–Crippen MR) is 86.7 cm³/mol. The lowest BCUT2D eigenvalue weighted by Crippen LogP contribution is -2.37. The maximum Gasteiger partial charge on any atom is 0.0922 e. The van der Waals surface area contributed by atoms with Crippen LogP contribution in [0, 0.1) is 26.7 Å². The van der Waals surface area contributed by atoms with Crippen molar-refractivity contribution in [2.75, 3.05) is 33.4 Å². The fourth-order valence-electron chi connectivity index (χ4n) is 3.62. The second kappa shape index (κ2) is 7.39. The first-order valence-corrected chi connectivity index (χ1v) is 7.98. The summed E-state index contributed by atoms with van der Waals surface area (Å²) < 4.78 is 5.24. The van der Waals surface area contributed by atoms with Crippen LogP contribution >= 0.6 is 0 Å². The molecule has 1 aromatic carbocycles. The Bertz CT molecular complexity index is 441. The molecule has 0 radical (unpaired) electrons. The summed E-state index contributed by atoms with van der Waals surface area (Å²) in [5, 5.41) is 10.6. The molecule has 118 valence electrons. The molecule has 0 aliphatic carbocycles. The summed E-state index contributed by atoms with van der Waals surface area (Å²) in [5.74, 6) is 0.686. The lowest BCUT2D eigenvalue weighted by Gasteiger charge is -2.33. The lowest BCUT2D eigenvalue weighted by atomic mass is 9.94. The van der Waals surface area contributed by atoms with Crippen LogP contribution < -0.4 is 0 Å². The van der Waals surface area contributed by atoms with Crippen LogP contribution in [0.2, 0.25) is 0 Å². The topological polar surface area (TPSA) is 32.7 Å². The number of ether oxygens (including phenoxy) is 1. The number of piperidine rings is 1. The average molecular weight is 291 g/mol. The molecular weight excluding hydrogens is 262 g/mol. The Hall–Kier alpha value is -0.900. The van der Waals surface area contributed by atoms with Gasteiger partial charge in [0.15, 0.2) is 0 Å². The van der Waals surface area contributed by atoms with E-state index in [0.29, 0.717) is 5.92 Å². The summed E-state index contributed by atoms with van der Waals surface area (Å²) in [7, 11) is 1.78.